The van der Waals surface area contributed by atoms with Gasteiger partial charge in [-0.15, -0.1) is 0 Å². The second-order valence-corrected chi connectivity index (χ2v) is 5.40. The molecule has 3 heteroatoms. The molecule has 2 aromatic rings. The highest BCUT2D eigenvalue weighted by Gasteiger charge is 2.20. The summed E-state index contributed by atoms with van der Waals surface area (Å²) in [4.78, 5) is 0. The highest BCUT2D eigenvalue weighted by atomic mass is 16.5. The standard InChI is InChI=1S/C16H20N2O/c1-12-4-3-5-14(8-12)13(2)18-10-16(9-17-18)15-6-7-19-11-15/h3-5,8-10,13,15H,6-7,11H2,1-2H3. The van der Waals surface area contributed by atoms with Crippen LogP contribution in [0, 0.1) is 6.92 Å². The Bertz CT molecular complexity index is 555. The molecule has 3 nitrogen and oxygen atoms in total. The number of nitrogens with zero attached hydrogens (tertiary/aromatic N) is 2. The summed E-state index contributed by atoms with van der Waals surface area (Å²) >= 11 is 0. The summed E-state index contributed by atoms with van der Waals surface area (Å²) in [5.74, 6) is 0.526. The van der Waals surface area contributed by atoms with E-state index in [1.807, 2.05) is 6.20 Å². The molecule has 1 aliphatic heterocycles. The van der Waals surface area contributed by atoms with Crippen LogP contribution >= 0.6 is 0 Å². The molecule has 0 saturated carbocycles. The minimum absolute atomic E-state index is 0.274. The molecular formula is C16H20N2O. The van der Waals surface area contributed by atoms with Gasteiger partial charge in [0.05, 0.1) is 18.8 Å². The monoisotopic (exact) mass is 256 g/mol. The SMILES string of the molecule is Cc1cccc(C(C)n2cc(C3CCOC3)cn2)c1. The number of benzene rings is 1. The third-order valence-corrected chi connectivity index (χ3v) is 3.94. The van der Waals surface area contributed by atoms with E-state index in [4.69, 9.17) is 4.74 Å². The topological polar surface area (TPSA) is 27.1 Å². The lowest BCUT2D eigenvalue weighted by molar-refractivity contribution is 0.194. The van der Waals surface area contributed by atoms with E-state index in [1.54, 1.807) is 0 Å². The van der Waals surface area contributed by atoms with Gasteiger partial charge in [-0.2, -0.15) is 5.10 Å². The van der Waals surface area contributed by atoms with Gasteiger partial charge >= 0.3 is 0 Å². The first-order chi connectivity index (χ1) is 9.24. The molecule has 2 heterocycles. The van der Waals surface area contributed by atoms with Crippen molar-refractivity contribution in [2.24, 2.45) is 0 Å². The van der Waals surface area contributed by atoms with Gasteiger partial charge in [0.25, 0.3) is 0 Å². The average molecular weight is 256 g/mol. The van der Waals surface area contributed by atoms with E-state index in [9.17, 15) is 0 Å². The Morgan fingerprint density at radius 3 is 3.05 bits per heavy atom. The van der Waals surface area contributed by atoms with Crippen LogP contribution in [-0.2, 0) is 4.74 Å². The van der Waals surface area contributed by atoms with Crippen molar-refractivity contribution in [1.29, 1.82) is 0 Å². The van der Waals surface area contributed by atoms with Gasteiger partial charge in [-0.05, 0) is 31.4 Å². The van der Waals surface area contributed by atoms with Gasteiger partial charge < -0.3 is 4.74 Å². The zero-order valence-corrected chi connectivity index (χ0v) is 11.5. The molecule has 0 bridgehead atoms. The maximum Gasteiger partial charge on any atom is 0.0740 e. The maximum atomic E-state index is 5.44. The number of hydrogen-bond acceptors (Lipinski definition) is 2. The van der Waals surface area contributed by atoms with Crippen LogP contribution in [0.5, 0.6) is 0 Å². The van der Waals surface area contributed by atoms with Crippen LogP contribution in [0.2, 0.25) is 0 Å². The lowest BCUT2D eigenvalue weighted by atomic mass is 10.0. The first-order valence-corrected chi connectivity index (χ1v) is 6.92. The van der Waals surface area contributed by atoms with Gasteiger partial charge in [0.2, 0.25) is 0 Å². The fourth-order valence-electron chi connectivity index (χ4n) is 2.66. The Kier molecular flexibility index (Phi) is 3.38. The highest BCUT2D eigenvalue weighted by molar-refractivity contribution is 5.25. The van der Waals surface area contributed by atoms with Crippen molar-refractivity contribution in [1.82, 2.24) is 9.78 Å². The molecule has 1 aliphatic rings. The fraction of sp³-hybridized carbons (Fsp3) is 0.438. The molecule has 1 aromatic heterocycles. The van der Waals surface area contributed by atoms with Crippen molar-refractivity contribution in [3.8, 4) is 0 Å². The molecule has 0 spiro atoms. The lowest BCUT2D eigenvalue weighted by Crippen LogP contribution is -2.07. The normalized spacial score (nSPS) is 20.6. The second-order valence-electron chi connectivity index (χ2n) is 5.40. The van der Waals surface area contributed by atoms with E-state index < -0.39 is 0 Å². The number of rotatable bonds is 3. The first-order valence-electron chi connectivity index (χ1n) is 6.92. The molecule has 0 aliphatic carbocycles. The van der Waals surface area contributed by atoms with Crippen molar-refractivity contribution in [3.63, 3.8) is 0 Å². The summed E-state index contributed by atoms with van der Waals surface area (Å²) in [6.45, 7) is 6.03. The minimum Gasteiger partial charge on any atom is -0.381 e. The summed E-state index contributed by atoms with van der Waals surface area (Å²) in [6.07, 6.45) is 5.28. The zero-order chi connectivity index (χ0) is 13.2. The number of ether oxygens (including phenoxy) is 1. The Morgan fingerprint density at radius 2 is 2.32 bits per heavy atom. The van der Waals surface area contributed by atoms with Crippen LogP contribution in [0.25, 0.3) is 0 Å². The van der Waals surface area contributed by atoms with E-state index in [0.717, 1.165) is 19.6 Å². The molecule has 2 atom stereocenters. The van der Waals surface area contributed by atoms with Crippen molar-refractivity contribution < 1.29 is 4.74 Å². The largest absolute Gasteiger partial charge is 0.381 e. The minimum atomic E-state index is 0.274. The Labute approximate surface area is 114 Å². The van der Waals surface area contributed by atoms with Crippen LogP contribution in [0.3, 0.4) is 0 Å². The Balaban J connectivity index is 1.82. The van der Waals surface area contributed by atoms with E-state index in [-0.39, 0.29) is 6.04 Å². The van der Waals surface area contributed by atoms with Crippen LogP contribution in [0.4, 0.5) is 0 Å². The molecule has 1 fully saturated rings. The van der Waals surface area contributed by atoms with E-state index in [0.29, 0.717) is 5.92 Å². The van der Waals surface area contributed by atoms with Gasteiger partial charge in [0.15, 0.2) is 0 Å². The average Bonchev–Trinajstić information content (AvgIpc) is 3.08. The molecule has 0 N–H and O–H groups in total. The highest BCUT2D eigenvalue weighted by Crippen LogP contribution is 2.26. The molecule has 3 rings (SSSR count). The summed E-state index contributed by atoms with van der Waals surface area (Å²) in [5.41, 5.74) is 3.90. The van der Waals surface area contributed by atoms with E-state index >= 15 is 0 Å². The van der Waals surface area contributed by atoms with Crippen LogP contribution < -0.4 is 0 Å². The Hall–Kier alpha value is -1.61. The van der Waals surface area contributed by atoms with Gasteiger partial charge in [0.1, 0.15) is 0 Å². The smallest absolute Gasteiger partial charge is 0.0740 e. The molecule has 0 radical (unpaired) electrons. The van der Waals surface area contributed by atoms with Gasteiger partial charge in [-0.3, -0.25) is 4.68 Å². The zero-order valence-electron chi connectivity index (χ0n) is 11.5. The van der Waals surface area contributed by atoms with Crippen molar-refractivity contribution in [2.75, 3.05) is 13.2 Å². The van der Waals surface area contributed by atoms with Crippen LogP contribution in [0.15, 0.2) is 36.7 Å². The van der Waals surface area contributed by atoms with Crippen molar-refractivity contribution >= 4 is 0 Å². The summed E-state index contributed by atoms with van der Waals surface area (Å²) < 4.78 is 7.50. The van der Waals surface area contributed by atoms with Crippen molar-refractivity contribution in [3.05, 3.63) is 53.3 Å². The number of hydrogen-bond donors (Lipinski definition) is 0. The first kappa shape index (κ1) is 12.4. The van der Waals surface area contributed by atoms with Crippen LogP contribution in [-0.4, -0.2) is 23.0 Å². The Morgan fingerprint density at radius 1 is 1.42 bits per heavy atom. The maximum absolute atomic E-state index is 5.44. The fourth-order valence-corrected chi connectivity index (χ4v) is 2.66. The lowest BCUT2D eigenvalue weighted by Gasteiger charge is -2.13. The molecule has 19 heavy (non-hydrogen) atoms. The number of aromatic nitrogens is 2. The van der Waals surface area contributed by atoms with Gasteiger partial charge in [0, 0.05) is 18.7 Å². The predicted molar refractivity (Wildman–Crippen MR) is 75.4 cm³/mol. The third-order valence-electron chi connectivity index (χ3n) is 3.94. The van der Waals surface area contributed by atoms with Gasteiger partial charge in [-0.1, -0.05) is 29.8 Å². The van der Waals surface area contributed by atoms with Gasteiger partial charge in [-0.25, -0.2) is 0 Å². The second kappa shape index (κ2) is 5.17. The van der Waals surface area contributed by atoms with Crippen LogP contribution in [0.1, 0.15) is 42.0 Å². The summed E-state index contributed by atoms with van der Waals surface area (Å²) in [5, 5.41) is 4.53. The molecule has 0 amide bonds. The molecule has 1 saturated heterocycles. The predicted octanol–water partition coefficient (Wildman–Crippen LogP) is 3.30. The number of aryl methyl sites for hydroxylation is 1. The summed E-state index contributed by atoms with van der Waals surface area (Å²) in [7, 11) is 0. The molecular weight excluding hydrogens is 236 g/mol. The summed E-state index contributed by atoms with van der Waals surface area (Å²) in [6, 6.07) is 8.90. The molecule has 2 unspecified atom stereocenters. The molecule has 100 valence electrons. The quantitative estimate of drug-likeness (QED) is 0.842. The van der Waals surface area contributed by atoms with E-state index in [2.05, 4.69) is 54.1 Å². The van der Waals surface area contributed by atoms with Crippen molar-refractivity contribution in [2.45, 2.75) is 32.2 Å². The van der Waals surface area contributed by atoms with E-state index in [1.165, 1.54) is 16.7 Å². The third kappa shape index (κ3) is 2.56. The molecule has 1 aromatic carbocycles.